The number of aromatic nitrogens is 2. The van der Waals surface area contributed by atoms with Crippen LogP contribution in [-0.4, -0.2) is 35.4 Å². The van der Waals surface area contributed by atoms with Crippen molar-refractivity contribution in [2.75, 3.05) is 19.0 Å². The van der Waals surface area contributed by atoms with E-state index in [-0.39, 0.29) is 11.9 Å². The van der Waals surface area contributed by atoms with E-state index < -0.39 is 6.04 Å². The molecular formula is C11H20N4O2. The van der Waals surface area contributed by atoms with E-state index in [4.69, 9.17) is 10.5 Å². The van der Waals surface area contributed by atoms with Gasteiger partial charge in [-0.25, -0.2) is 4.68 Å². The topological polar surface area (TPSA) is 82.2 Å². The minimum Gasteiger partial charge on any atom is -0.385 e. The number of nitrogens with one attached hydrogen (secondary N) is 1. The lowest BCUT2D eigenvalue weighted by atomic mass is 10.2. The quantitative estimate of drug-likeness (QED) is 0.769. The van der Waals surface area contributed by atoms with E-state index in [1.807, 2.05) is 13.8 Å². The number of hydrogen-bond donors (Lipinski definition) is 2. The van der Waals surface area contributed by atoms with E-state index in [1.54, 1.807) is 24.1 Å². The summed E-state index contributed by atoms with van der Waals surface area (Å²) in [6.07, 6.45) is 2.15. The second kappa shape index (κ2) is 6.36. The number of anilines is 1. The Hall–Kier alpha value is -1.40. The molecule has 0 saturated heterocycles. The van der Waals surface area contributed by atoms with Gasteiger partial charge < -0.3 is 15.8 Å². The maximum Gasteiger partial charge on any atom is 0.242 e. The molecule has 1 unspecified atom stereocenters. The van der Waals surface area contributed by atoms with Crippen LogP contribution in [0.1, 0.15) is 26.3 Å². The lowest BCUT2D eigenvalue weighted by molar-refractivity contribution is -0.117. The molecule has 1 heterocycles. The standard InChI is InChI=1S/C11H20N4O2/c1-8(2)15-10(4-6-13-15)14-11(16)9(12)5-7-17-3/h4,6,8-9H,5,7,12H2,1-3H3,(H,14,16). The summed E-state index contributed by atoms with van der Waals surface area (Å²) in [6, 6.07) is 1.38. The summed E-state index contributed by atoms with van der Waals surface area (Å²) < 4.78 is 6.62. The maximum absolute atomic E-state index is 11.8. The van der Waals surface area contributed by atoms with Crippen LogP contribution in [0.4, 0.5) is 5.82 Å². The molecule has 0 aliphatic rings. The summed E-state index contributed by atoms with van der Waals surface area (Å²) in [6.45, 7) is 4.46. The van der Waals surface area contributed by atoms with Gasteiger partial charge in [-0.05, 0) is 20.3 Å². The first-order chi connectivity index (χ1) is 8.06. The second-order valence-corrected chi connectivity index (χ2v) is 4.13. The van der Waals surface area contributed by atoms with Gasteiger partial charge in [-0.15, -0.1) is 0 Å². The first-order valence-electron chi connectivity index (χ1n) is 5.65. The Labute approximate surface area is 101 Å². The predicted octanol–water partition coefficient (Wildman–Crippen LogP) is 0.766. The van der Waals surface area contributed by atoms with Crippen molar-refractivity contribution in [1.29, 1.82) is 0 Å². The van der Waals surface area contributed by atoms with Gasteiger partial charge in [0, 0.05) is 25.8 Å². The number of methoxy groups -OCH3 is 1. The van der Waals surface area contributed by atoms with Gasteiger partial charge >= 0.3 is 0 Å². The van der Waals surface area contributed by atoms with Gasteiger partial charge in [-0.2, -0.15) is 5.10 Å². The Morgan fingerprint density at radius 2 is 2.35 bits per heavy atom. The molecule has 0 radical (unpaired) electrons. The molecule has 0 aliphatic carbocycles. The van der Waals surface area contributed by atoms with Crippen LogP contribution in [0.2, 0.25) is 0 Å². The largest absolute Gasteiger partial charge is 0.385 e. The summed E-state index contributed by atoms with van der Waals surface area (Å²) in [5, 5.41) is 6.89. The smallest absolute Gasteiger partial charge is 0.242 e. The second-order valence-electron chi connectivity index (χ2n) is 4.13. The first kappa shape index (κ1) is 13.7. The molecule has 0 saturated carbocycles. The first-order valence-corrected chi connectivity index (χ1v) is 5.65. The van der Waals surface area contributed by atoms with Gasteiger partial charge in [0.05, 0.1) is 12.2 Å². The Morgan fingerprint density at radius 3 is 2.94 bits per heavy atom. The minimum absolute atomic E-state index is 0.190. The highest BCUT2D eigenvalue weighted by Crippen LogP contribution is 2.13. The number of ether oxygens (including phenoxy) is 1. The average molecular weight is 240 g/mol. The van der Waals surface area contributed by atoms with Gasteiger partial charge in [-0.3, -0.25) is 4.79 Å². The maximum atomic E-state index is 11.8. The zero-order valence-electron chi connectivity index (χ0n) is 10.5. The predicted molar refractivity (Wildman–Crippen MR) is 65.7 cm³/mol. The molecule has 1 rings (SSSR count). The van der Waals surface area contributed by atoms with Gasteiger partial charge in [0.15, 0.2) is 0 Å². The van der Waals surface area contributed by atoms with Gasteiger partial charge in [0.2, 0.25) is 5.91 Å². The third-order valence-corrected chi connectivity index (χ3v) is 2.38. The number of carbonyl (C=O) groups excluding carboxylic acids is 1. The summed E-state index contributed by atoms with van der Waals surface area (Å²) in [4.78, 5) is 11.8. The van der Waals surface area contributed by atoms with Crippen molar-refractivity contribution in [3.05, 3.63) is 12.3 Å². The molecule has 0 aromatic carbocycles. The number of carbonyl (C=O) groups is 1. The van der Waals surface area contributed by atoms with Crippen LogP contribution >= 0.6 is 0 Å². The Bertz CT molecular complexity index is 362. The fraction of sp³-hybridized carbons (Fsp3) is 0.636. The molecule has 1 aromatic heterocycles. The van der Waals surface area contributed by atoms with Gasteiger partial charge in [0.1, 0.15) is 5.82 Å². The van der Waals surface area contributed by atoms with E-state index >= 15 is 0 Å². The van der Waals surface area contributed by atoms with Crippen LogP contribution in [-0.2, 0) is 9.53 Å². The molecule has 96 valence electrons. The zero-order valence-corrected chi connectivity index (χ0v) is 10.5. The highest BCUT2D eigenvalue weighted by atomic mass is 16.5. The molecule has 0 spiro atoms. The summed E-state index contributed by atoms with van der Waals surface area (Å²) in [5.41, 5.74) is 5.72. The number of nitrogens with two attached hydrogens (primary N) is 1. The monoisotopic (exact) mass is 240 g/mol. The van der Waals surface area contributed by atoms with Crippen molar-refractivity contribution in [2.45, 2.75) is 32.4 Å². The Morgan fingerprint density at radius 1 is 1.65 bits per heavy atom. The molecule has 6 nitrogen and oxygen atoms in total. The fourth-order valence-electron chi connectivity index (χ4n) is 1.42. The Balaban J connectivity index is 2.58. The normalized spacial score (nSPS) is 12.8. The molecule has 6 heteroatoms. The van der Waals surface area contributed by atoms with E-state index in [0.29, 0.717) is 18.8 Å². The lowest BCUT2D eigenvalue weighted by Crippen LogP contribution is -2.37. The highest BCUT2D eigenvalue weighted by molar-refractivity contribution is 5.93. The van der Waals surface area contributed by atoms with Gasteiger partial charge in [0.25, 0.3) is 0 Å². The summed E-state index contributed by atoms with van der Waals surface area (Å²) in [5.74, 6) is 0.447. The molecule has 0 bridgehead atoms. The zero-order chi connectivity index (χ0) is 12.8. The average Bonchev–Trinajstić information content (AvgIpc) is 2.73. The number of rotatable bonds is 6. The summed E-state index contributed by atoms with van der Waals surface area (Å²) in [7, 11) is 1.58. The number of amides is 1. The number of nitrogens with zero attached hydrogens (tertiary/aromatic N) is 2. The molecule has 17 heavy (non-hydrogen) atoms. The van der Waals surface area contributed by atoms with Gasteiger partial charge in [-0.1, -0.05) is 0 Å². The highest BCUT2D eigenvalue weighted by Gasteiger charge is 2.15. The van der Waals surface area contributed by atoms with Crippen LogP contribution < -0.4 is 11.1 Å². The SMILES string of the molecule is COCCC(N)C(=O)Nc1ccnn1C(C)C. The van der Waals surface area contributed by atoms with Crippen molar-refractivity contribution < 1.29 is 9.53 Å². The molecule has 1 amide bonds. The van der Waals surface area contributed by atoms with Crippen LogP contribution in [0.3, 0.4) is 0 Å². The van der Waals surface area contributed by atoms with E-state index in [9.17, 15) is 4.79 Å². The van der Waals surface area contributed by atoms with E-state index in [2.05, 4.69) is 10.4 Å². The summed E-state index contributed by atoms with van der Waals surface area (Å²) >= 11 is 0. The molecule has 1 aromatic rings. The fourth-order valence-corrected chi connectivity index (χ4v) is 1.42. The van der Waals surface area contributed by atoms with Crippen LogP contribution in [0.5, 0.6) is 0 Å². The number of hydrogen-bond acceptors (Lipinski definition) is 4. The third-order valence-electron chi connectivity index (χ3n) is 2.38. The molecule has 0 aliphatic heterocycles. The van der Waals surface area contributed by atoms with Crippen LogP contribution in [0, 0.1) is 0 Å². The van der Waals surface area contributed by atoms with E-state index in [0.717, 1.165) is 0 Å². The van der Waals surface area contributed by atoms with Crippen LogP contribution in [0.15, 0.2) is 12.3 Å². The molecule has 0 fully saturated rings. The van der Waals surface area contributed by atoms with Crippen molar-refractivity contribution in [2.24, 2.45) is 5.73 Å². The van der Waals surface area contributed by atoms with Crippen molar-refractivity contribution >= 4 is 11.7 Å². The van der Waals surface area contributed by atoms with Crippen molar-refractivity contribution in [1.82, 2.24) is 9.78 Å². The van der Waals surface area contributed by atoms with E-state index in [1.165, 1.54) is 0 Å². The van der Waals surface area contributed by atoms with Crippen LogP contribution in [0.25, 0.3) is 0 Å². The van der Waals surface area contributed by atoms with Crippen molar-refractivity contribution in [3.63, 3.8) is 0 Å². The lowest BCUT2D eigenvalue weighted by Gasteiger charge is -2.14. The minimum atomic E-state index is -0.564. The molecule has 1 atom stereocenters. The third kappa shape index (κ3) is 3.83. The van der Waals surface area contributed by atoms with Crippen molar-refractivity contribution in [3.8, 4) is 0 Å². The molecule has 3 N–H and O–H groups in total. The Kier molecular flexibility index (Phi) is 5.11. The molecular weight excluding hydrogens is 220 g/mol.